The maximum Gasteiger partial charge on any atom is 0.420 e. The minimum absolute atomic E-state index is 0.117. The number of carboxylic acid groups (broad SMARTS) is 1. The molecule has 1 N–H and O–H groups in total. The largest absolute Gasteiger partial charge is 0.480 e. The number of urea groups is 1. The van der Waals surface area contributed by atoms with Crippen LogP contribution in [-0.4, -0.2) is 123 Å². The first-order valence-corrected chi connectivity index (χ1v) is 17.8. The lowest BCUT2D eigenvalue weighted by molar-refractivity contribution is -0.146. The summed E-state index contributed by atoms with van der Waals surface area (Å²) in [5.41, 5.74) is -4.24. The average Bonchev–Trinajstić information content (AvgIpc) is 3.70. The lowest BCUT2D eigenvalue weighted by atomic mass is 9.85. The monoisotopic (exact) mass is 796 g/mol. The Labute approximate surface area is 315 Å². The fraction of sp³-hybridized carbons (Fsp3) is 0.500. The van der Waals surface area contributed by atoms with E-state index in [0.29, 0.717) is 51.4 Å². The van der Waals surface area contributed by atoms with Crippen molar-refractivity contribution >= 4 is 24.2 Å². The third-order valence-electron chi connectivity index (χ3n) is 10.2. The lowest BCUT2D eigenvalue weighted by Crippen LogP contribution is -2.59. The number of halogens is 6. The first kappa shape index (κ1) is 40.6. The molecule has 3 aliphatic rings. The van der Waals surface area contributed by atoms with Crippen LogP contribution in [0.1, 0.15) is 49.1 Å². The molecule has 56 heavy (non-hydrogen) atoms. The number of unbranched alkanes of at least 4 members (excludes halogenated alkanes) is 1. The molecule has 6 rings (SSSR count). The summed E-state index contributed by atoms with van der Waals surface area (Å²) in [5, 5.41) is 13.7. The molecule has 1 atom stereocenters. The van der Waals surface area contributed by atoms with Crippen molar-refractivity contribution in [3.63, 3.8) is 0 Å². The molecule has 0 radical (unpaired) electrons. The summed E-state index contributed by atoms with van der Waals surface area (Å²) in [5.74, 6) is -4.00. The van der Waals surface area contributed by atoms with Gasteiger partial charge in [-0.05, 0) is 56.0 Å². The molecule has 1 spiro atoms. The Hall–Kier alpha value is -5.08. The number of amides is 3. The van der Waals surface area contributed by atoms with Gasteiger partial charge in [0, 0.05) is 51.3 Å². The van der Waals surface area contributed by atoms with Crippen molar-refractivity contribution < 1.29 is 64.6 Å². The zero-order chi connectivity index (χ0) is 40.3. The minimum atomic E-state index is -5.08. The number of benzene rings is 2. The van der Waals surface area contributed by atoms with Gasteiger partial charge in [-0.15, -0.1) is 0 Å². The van der Waals surface area contributed by atoms with Crippen LogP contribution in [0.15, 0.2) is 47.0 Å². The quantitative estimate of drug-likeness (QED) is 0.0971. The number of hydrogen-bond acceptors (Lipinski definition) is 11. The number of carboxylic acids is 1. The second-order valence-corrected chi connectivity index (χ2v) is 13.6. The number of likely N-dealkylation sites (tertiary alicyclic amines) is 1. The number of morpholine rings is 1. The van der Waals surface area contributed by atoms with Crippen molar-refractivity contribution in [3.8, 4) is 22.9 Å². The van der Waals surface area contributed by atoms with E-state index >= 15 is 0 Å². The number of aromatic nitrogens is 2. The third-order valence-corrected chi connectivity index (χ3v) is 10.2. The average molecular weight is 797 g/mol. The van der Waals surface area contributed by atoms with E-state index < -0.39 is 71.0 Å². The maximum atomic E-state index is 14.2. The third kappa shape index (κ3) is 8.66. The minimum Gasteiger partial charge on any atom is -0.480 e. The molecule has 14 nitrogen and oxygen atoms in total. The molecule has 1 unspecified atom stereocenters. The molecule has 0 aliphatic carbocycles. The van der Waals surface area contributed by atoms with Crippen molar-refractivity contribution in [1.29, 1.82) is 0 Å². The van der Waals surface area contributed by atoms with Crippen LogP contribution >= 0.6 is 0 Å². The Kier molecular flexibility index (Phi) is 12.0. The fourth-order valence-electron chi connectivity index (χ4n) is 7.30. The van der Waals surface area contributed by atoms with Gasteiger partial charge in [-0.25, -0.2) is 4.79 Å². The number of ether oxygens (including phenoxy) is 2. The van der Waals surface area contributed by atoms with Crippen LogP contribution in [0, 0.1) is 0 Å². The van der Waals surface area contributed by atoms with Crippen molar-refractivity contribution in [2.75, 3.05) is 52.5 Å². The van der Waals surface area contributed by atoms with E-state index in [1.165, 1.54) is 11.0 Å². The summed E-state index contributed by atoms with van der Waals surface area (Å²) >= 11 is 0. The van der Waals surface area contributed by atoms with E-state index in [1.54, 1.807) is 4.90 Å². The van der Waals surface area contributed by atoms with Crippen molar-refractivity contribution in [2.45, 2.75) is 62.6 Å². The highest BCUT2D eigenvalue weighted by atomic mass is 19.4. The molecule has 3 saturated heterocycles. The predicted molar refractivity (Wildman–Crippen MR) is 181 cm³/mol. The topological polar surface area (TPSA) is 159 Å². The van der Waals surface area contributed by atoms with Gasteiger partial charge >= 0.3 is 24.4 Å². The summed E-state index contributed by atoms with van der Waals surface area (Å²) in [6.45, 7) is 2.68. The van der Waals surface area contributed by atoms with E-state index in [4.69, 9.17) is 14.0 Å². The summed E-state index contributed by atoms with van der Waals surface area (Å²) in [4.78, 5) is 61.6. The Balaban J connectivity index is 1.22. The Morgan fingerprint density at radius 1 is 0.946 bits per heavy atom. The van der Waals surface area contributed by atoms with Gasteiger partial charge in [0.25, 0.3) is 5.91 Å². The van der Waals surface area contributed by atoms with Gasteiger partial charge in [0.15, 0.2) is 0 Å². The smallest absolute Gasteiger partial charge is 0.420 e. The van der Waals surface area contributed by atoms with Crippen LogP contribution in [0.25, 0.3) is 11.4 Å². The molecular weight excluding hydrogens is 758 g/mol. The molecular formula is C36H38F6N6O8. The normalized spacial score (nSPS) is 18.8. The number of carbonyl (C=O) groups excluding carboxylic acids is 3. The molecule has 2 aromatic carbocycles. The van der Waals surface area contributed by atoms with Crippen LogP contribution in [0.2, 0.25) is 0 Å². The van der Waals surface area contributed by atoms with Crippen molar-refractivity contribution in [3.05, 3.63) is 59.5 Å². The number of piperidine rings is 1. The van der Waals surface area contributed by atoms with Gasteiger partial charge < -0.3 is 28.8 Å². The Bertz CT molecular complexity index is 1910. The molecule has 3 aromatic rings. The van der Waals surface area contributed by atoms with E-state index in [9.17, 15) is 50.6 Å². The number of alkyl halides is 6. The Morgan fingerprint density at radius 2 is 1.62 bits per heavy atom. The molecule has 3 aliphatic heterocycles. The van der Waals surface area contributed by atoms with Gasteiger partial charge in [0.05, 0.1) is 24.3 Å². The van der Waals surface area contributed by atoms with E-state index in [2.05, 4.69) is 15.0 Å². The van der Waals surface area contributed by atoms with Gasteiger partial charge in [-0.2, -0.15) is 31.3 Å². The molecule has 3 amide bonds. The van der Waals surface area contributed by atoms with Crippen molar-refractivity contribution in [1.82, 2.24) is 29.7 Å². The van der Waals surface area contributed by atoms with Crippen molar-refractivity contribution in [2.24, 2.45) is 0 Å². The van der Waals surface area contributed by atoms with Crippen LogP contribution in [0.3, 0.4) is 0 Å². The maximum absolute atomic E-state index is 14.2. The molecule has 4 heterocycles. The van der Waals surface area contributed by atoms with E-state index in [0.717, 1.165) is 35.5 Å². The molecule has 20 heteroatoms. The summed E-state index contributed by atoms with van der Waals surface area (Å²) < 4.78 is 99.0. The highest BCUT2D eigenvalue weighted by Gasteiger charge is 2.58. The first-order valence-electron chi connectivity index (χ1n) is 17.8. The molecule has 302 valence electrons. The number of para-hydroxylation sites is 1. The number of nitrogens with zero attached hydrogens (tertiary/aromatic N) is 6. The molecule has 0 saturated carbocycles. The van der Waals surface area contributed by atoms with Gasteiger partial charge in [-0.3, -0.25) is 24.3 Å². The molecule has 0 bridgehead atoms. The first-order chi connectivity index (χ1) is 26.6. The summed E-state index contributed by atoms with van der Waals surface area (Å²) in [6, 6.07) is 4.80. The second-order valence-electron chi connectivity index (χ2n) is 13.6. The lowest BCUT2D eigenvalue weighted by Gasteiger charge is -2.44. The van der Waals surface area contributed by atoms with E-state index in [-0.39, 0.29) is 62.6 Å². The van der Waals surface area contributed by atoms with Gasteiger partial charge in [0.1, 0.15) is 35.9 Å². The van der Waals surface area contributed by atoms with E-state index in [1.807, 2.05) is 0 Å². The highest BCUT2D eigenvalue weighted by molar-refractivity contribution is 6.07. The number of rotatable bonds is 14. The Morgan fingerprint density at radius 3 is 2.29 bits per heavy atom. The zero-order valence-corrected chi connectivity index (χ0v) is 29.9. The van der Waals surface area contributed by atoms with Crippen LogP contribution in [0.4, 0.5) is 31.1 Å². The van der Waals surface area contributed by atoms with Gasteiger partial charge in [-0.1, -0.05) is 17.3 Å². The number of aldehydes is 1. The number of hydrogen-bond donors (Lipinski definition) is 1. The summed E-state index contributed by atoms with van der Waals surface area (Å²) in [7, 11) is 0. The standard InChI is InChI=1S/C36H38F6N6O8/c37-35(38,39)24-5-1-2-7-27(24)55-28-9-8-23(21-25(28)36(40,41)42)30-43-29(56-44-30)22-47-32(52)34(48(33(47)53)15-14-45-16-19-54-20-17-45)10-12-46(13-11-34)26(31(50)51)6-3-4-18-49/h1-2,5,7-9,18,21,26H,3-4,6,10-17,19-20,22H2,(H,50,51). The van der Waals surface area contributed by atoms with Gasteiger partial charge in [0.2, 0.25) is 11.7 Å². The van der Waals surface area contributed by atoms with Crippen LogP contribution < -0.4 is 4.74 Å². The summed E-state index contributed by atoms with van der Waals surface area (Å²) in [6.07, 6.45) is -8.21. The number of aliphatic carboxylic acids is 1. The molecule has 3 fully saturated rings. The predicted octanol–water partition coefficient (Wildman–Crippen LogP) is 5.32. The molecule has 1 aromatic heterocycles. The second kappa shape index (κ2) is 16.6. The zero-order valence-electron chi connectivity index (χ0n) is 29.9. The number of carbonyl (C=O) groups is 4. The van der Waals surface area contributed by atoms with Crippen LogP contribution in [0.5, 0.6) is 11.5 Å². The highest BCUT2D eigenvalue weighted by Crippen LogP contribution is 2.44. The number of imide groups is 1. The fourth-order valence-corrected chi connectivity index (χ4v) is 7.30. The SMILES string of the molecule is O=CCCCC(C(=O)O)N1CCC2(CC1)C(=O)N(Cc1nc(-c3ccc(Oc4ccccc4C(F)(F)F)c(C(F)(F)F)c3)no1)C(=O)N2CCN1CCOCC1. The van der Waals surface area contributed by atoms with Crippen LogP contribution in [-0.2, 0) is 38.0 Å².